The highest BCUT2D eigenvalue weighted by atomic mass is 32.2. The molecule has 0 bridgehead atoms. The van der Waals surface area contributed by atoms with E-state index in [2.05, 4.69) is 16.0 Å². The van der Waals surface area contributed by atoms with Gasteiger partial charge in [-0.2, -0.15) is 0 Å². The zero-order valence-corrected chi connectivity index (χ0v) is 24.3. The fourth-order valence-corrected chi connectivity index (χ4v) is 5.34. The fraction of sp³-hybridized carbons (Fsp3) is 0.267. The maximum Gasteiger partial charge on any atom is 0.258 e. The van der Waals surface area contributed by atoms with E-state index in [0.717, 1.165) is 16.1 Å². The van der Waals surface area contributed by atoms with Crippen LogP contribution in [0.15, 0.2) is 66.7 Å². The average Bonchev–Trinajstić information content (AvgIpc) is 3.25. The maximum absolute atomic E-state index is 13.4. The average molecular weight is 579 g/mol. The number of hydrogen-bond donors (Lipinski definition) is 3. The van der Waals surface area contributed by atoms with E-state index in [4.69, 9.17) is 9.47 Å². The minimum absolute atomic E-state index is 0.288. The summed E-state index contributed by atoms with van der Waals surface area (Å²) in [5, 5.41) is 8.92. The predicted octanol–water partition coefficient (Wildman–Crippen LogP) is 4.32. The number of amides is 2. The van der Waals surface area contributed by atoms with Crippen molar-refractivity contribution in [3.05, 3.63) is 77.9 Å². The van der Waals surface area contributed by atoms with Crippen molar-refractivity contribution >= 4 is 50.2 Å². The van der Waals surface area contributed by atoms with E-state index >= 15 is 0 Å². The smallest absolute Gasteiger partial charge is 0.258 e. The molecule has 0 spiro atoms. The second-order valence-electron chi connectivity index (χ2n) is 9.18. The van der Waals surface area contributed by atoms with Crippen LogP contribution in [-0.4, -0.2) is 52.8 Å². The van der Waals surface area contributed by atoms with Crippen LogP contribution in [0.1, 0.15) is 31.9 Å². The largest absolute Gasteiger partial charge is 0.490 e. The molecule has 3 N–H and O–H groups in total. The summed E-state index contributed by atoms with van der Waals surface area (Å²) in [4.78, 5) is 25.5. The summed E-state index contributed by atoms with van der Waals surface area (Å²) in [7, 11) is -3.71. The molecule has 3 aromatic rings. The second-order valence-corrected chi connectivity index (χ2v) is 11.1. The van der Waals surface area contributed by atoms with Crippen LogP contribution in [0.4, 0.5) is 17.1 Å². The highest BCUT2D eigenvalue weighted by molar-refractivity contribution is 7.92. The van der Waals surface area contributed by atoms with E-state index in [9.17, 15) is 18.0 Å². The van der Waals surface area contributed by atoms with Crippen LogP contribution in [0.3, 0.4) is 0 Å². The fourth-order valence-electron chi connectivity index (χ4n) is 4.48. The van der Waals surface area contributed by atoms with Crippen molar-refractivity contribution in [2.24, 2.45) is 0 Å². The lowest BCUT2D eigenvalue weighted by Crippen LogP contribution is -2.40. The van der Waals surface area contributed by atoms with Crippen molar-refractivity contribution in [1.29, 1.82) is 0 Å². The topological polar surface area (TPSA) is 126 Å². The van der Waals surface area contributed by atoms with Gasteiger partial charge >= 0.3 is 0 Å². The van der Waals surface area contributed by atoms with Crippen LogP contribution >= 0.6 is 0 Å². The van der Waals surface area contributed by atoms with E-state index < -0.39 is 15.9 Å². The van der Waals surface area contributed by atoms with Crippen LogP contribution in [-0.2, 0) is 19.6 Å². The molecule has 0 aliphatic carbocycles. The summed E-state index contributed by atoms with van der Waals surface area (Å²) in [5.74, 6) is 0.389. The predicted molar refractivity (Wildman–Crippen MR) is 162 cm³/mol. The Hall–Kier alpha value is -4.51. The second kappa shape index (κ2) is 12.8. The van der Waals surface area contributed by atoms with Gasteiger partial charge in [-0.15, -0.1) is 0 Å². The van der Waals surface area contributed by atoms with Crippen molar-refractivity contribution < 1.29 is 27.5 Å². The van der Waals surface area contributed by atoms with Crippen LogP contribution in [0.2, 0.25) is 0 Å². The van der Waals surface area contributed by atoms with Crippen molar-refractivity contribution in [1.82, 2.24) is 5.32 Å². The molecule has 1 heterocycles. The highest BCUT2D eigenvalue weighted by Crippen LogP contribution is 2.43. The number of rotatable bonds is 12. The van der Waals surface area contributed by atoms with E-state index in [1.807, 2.05) is 44.2 Å². The van der Waals surface area contributed by atoms with Gasteiger partial charge < -0.3 is 25.4 Å². The summed E-state index contributed by atoms with van der Waals surface area (Å²) in [6.45, 7) is 6.46. The first-order valence-corrected chi connectivity index (χ1v) is 15.2. The molecule has 0 saturated carbocycles. The van der Waals surface area contributed by atoms with Crippen LogP contribution < -0.4 is 29.7 Å². The van der Waals surface area contributed by atoms with Gasteiger partial charge in [0.05, 0.1) is 42.1 Å². The monoisotopic (exact) mass is 578 g/mol. The van der Waals surface area contributed by atoms with Gasteiger partial charge in [-0.25, -0.2) is 8.42 Å². The third kappa shape index (κ3) is 6.80. The molecule has 0 atom stereocenters. The molecule has 0 unspecified atom stereocenters. The van der Waals surface area contributed by atoms with E-state index in [0.29, 0.717) is 65.2 Å². The number of carbonyl (C=O) groups is 2. The van der Waals surface area contributed by atoms with E-state index in [-0.39, 0.29) is 12.5 Å². The molecule has 0 saturated heterocycles. The number of fused-ring (bicyclic) bond motifs is 1. The lowest BCUT2D eigenvalue weighted by Gasteiger charge is -2.22. The quantitative estimate of drug-likeness (QED) is 0.273. The Balaban J connectivity index is 1.77. The van der Waals surface area contributed by atoms with Gasteiger partial charge in [0.15, 0.2) is 11.5 Å². The minimum Gasteiger partial charge on any atom is -0.490 e. The van der Waals surface area contributed by atoms with Gasteiger partial charge in [0.1, 0.15) is 6.54 Å². The Morgan fingerprint density at radius 1 is 0.927 bits per heavy atom. The highest BCUT2D eigenvalue weighted by Gasteiger charge is 2.31. The van der Waals surface area contributed by atoms with Gasteiger partial charge in [0.25, 0.3) is 5.91 Å². The van der Waals surface area contributed by atoms with Crippen molar-refractivity contribution in [2.45, 2.75) is 20.8 Å². The molecule has 1 aliphatic heterocycles. The van der Waals surface area contributed by atoms with Gasteiger partial charge in [0, 0.05) is 23.9 Å². The normalized spacial score (nSPS) is 13.6. The Bertz CT molecular complexity index is 1550. The summed E-state index contributed by atoms with van der Waals surface area (Å²) in [6.07, 6.45) is 1.06. The molecular formula is C30H34N4O6S. The Kier molecular flexibility index (Phi) is 9.18. The number of anilines is 3. The summed E-state index contributed by atoms with van der Waals surface area (Å²) < 4.78 is 37.5. The molecule has 0 radical (unpaired) electrons. The number of likely N-dealkylation sites (N-methyl/N-ethyl adjacent to an activating group) is 1. The summed E-state index contributed by atoms with van der Waals surface area (Å²) in [5.41, 5.74) is 3.98. The zero-order chi connectivity index (χ0) is 29.6. The third-order valence-corrected chi connectivity index (χ3v) is 7.37. The van der Waals surface area contributed by atoms with E-state index in [1.165, 1.54) is 0 Å². The molecule has 3 aromatic carbocycles. The lowest BCUT2D eigenvalue weighted by molar-refractivity contribution is -0.119. The minimum atomic E-state index is -3.71. The zero-order valence-electron chi connectivity index (χ0n) is 23.5. The standard InChI is InChI=1S/C30H34N4O6S/c1-5-31-27(35)19-34(41(4,37)38)22-15-13-21(14-16-22)32-29(20-11-9-8-10-12-20)28-23-17-25(39-6-2)26(40-7-3)18-24(23)33-30(28)36/h8-18,32H,5-7,19H2,1-4H3,(H,31,35)(H,33,36)/b29-28-. The molecule has 41 heavy (non-hydrogen) atoms. The van der Waals surface area contributed by atoms with Crippen molar-refractivity contribution in [2.75, 3.05) is 47.5 Å². The van der Waals surface area contributed by atoms with Gasteiger partial charge in [-0.05, 0) is 56.7 Å². The van der Waals surface area contributed by atoms with Crippen molar-refractivity contribution in [3.8, 4) is 11.5 Å². The maximum atomic E-state index is 13.4. The third-order valence-electron chi connectivity index (χ3n) is 6.23. The van der Waals surface area contributed by atoms with Crippen LogP contribution in [0.25, 0.3) is 11.3 Å². The Labute approximate surface area is 240 Å². The van der Waals surface area contributed by atoms with Gasteiger partial charge in [0.2, 0.25) is 15.9 Å². The molecule has 0 fully saturated rings. The number of carbonyl (C=O) groups excluding carboxylic acids is 2. The Morgan fingerprint density at radius 3 is 2.15 bits per heavy atom. The lowest BCUT2D eigenvalue weighted by atomic mass is 9.99. The number of sulfonamides is 1. The Morgan fingerprint density at radius 2 is 1.56 bits per heavy atom. The summed E-state index contributed by atoms with van der Waals surface area (Å²) >= 11 is 0. The molecular weight excluding hydrogens is 544 g/mol. The number of nitrogens with zero attached hydrogens (tertiary/aromatic N) is 1. The number of nitrogens with one attached hydrogen (secondary N) is 3. The van der Waals surface area contributed by atoms with Crippen molar-refractivity contribution in [3.63, 3.8) is 0 Å². The number of hydrogen-bond acceptors (Lipinski definition) is 7. The molecule has 2 amide bonds. The van der Waals surface area contributed by atoms with Crippen LogP contribution in [0, 0.1) is 0 Å². The first-order valence-electron chi connectivity index (χ1n) is 13.3. The SMILES string of the molecule is CCNC(=O)CN(c1ccc(N/C(=C2\C(=O)Nc3cc(OCC)c(OCC)cc32)c2ccccc2)cc1)S(C)(=O)=O. The van der Waals surface area contributed by atoms with Crippen LogP contribution in [0.5, 0.6) is 11.5 Å². The summed E-state index contributed by atoms with van der Waals surface area (Å²) in [6, 6.07) is 19.6. The molecule has 1 aliphatic rings. The molecule has 4 rings (SSSR count). The van der Waals surface area contributed by atoms with E-state index in [1.54, 1.807) is 43.3 Å². The molecule has 10 nitrogen and oxygen atoms in total. The number of benzene rings is 3. The molecule has 0 aromatic heterocycles. The molecule has 11 heteroatoms. The number of ether oxygens (including phenoxy) is 2. The first-order chi connectivity index (χ1) is 19.7. The first kappa shape index (κ1) is 29.5. The van der Waals surface area contributed by atoms with Gasteiger partial charge in [-0.3, -0.25) is 13.9 Å². The van der Waals surface area contributed by atoms with Gasteiger partial charge in [-0.1, -0.05) is 30.3 Å². The molecule has 216 valence electrons.